The number of hydrogen-bond acceptors (Lipinski definition) is 4. The van der Waals surface area contributed by atoms with Crippen molar-refractivity contribution in [1.29, 1.82) is 0 Å². The number of carbonyl (C=O) groups is 1. The van der Waals surface area contributed by atoms with Crippen LogP contribution in [0.25, 0.3) is 0 Å². The number of benzene rings is 1. The van der Waals surface area contributed by atoms with Gasteiger partial charge in [0.05, 0.1) is 19.9 Å². The summed E-state index contributed by atoms with van der Waals surface area (Å²) in [5.74, 6) is 0.735. The third-order valence-corrected chi connectivity index (χ3v) is 3.07. The lowest BCUT2D eigenvalue weighted by Crippen LogP contribution is -2.13. The number of hydrogen-bond donors (Lipinski definition) is 1. The van der Waals surface area contributed by atoms with Crippen LogP contribution in [0.1, 0.15) is 10.4 Å². The number of pyridine rings is 1. The predicted octanol–water partition coefficient (Wildman–Crippen LogP) is 3.66. The Balaban J connectivity index is 2.26. The Kier molecular flexibility index (Phi) is 4.88. The summed E-state index contributed by atoms with van der Waals surface area (Å²) in [5, 5.41) is 3.01. The Labute approximate surface area is 131 Å². The number of halogens is 2. The van der Waals surface area contributed by atoms with Crippen molar-refractivity contribution >= 4 is 34.8 Å². The molecule has 0 aliphatic heterocycles. The highest BCUT2D eigenvalue weighted by Gasteiger charge is 2.12. The van der Waals surface area contributed by atoms with Crippen LogP contribution in [0.2, 0.25) is 10.3 Å². The molecule has 21 heavy (non-hydrogen) atoms. The first-order valence-electron chi connectivity index (χ1n) is 5.90. The van der Waals surface area contributed by atoms with E-state index in [0.29, 0.717) is 22.7 Å². The minimum absolute atomic E-state index is 0.148. The average molecular weight is 327 g/mol. The summed E-state index contributed by atoms with van der Waals surface area (Å²) >= 11 is 11.6. The summed E-state index contributed by atoms with van der Waals surface area (Å²) in [7, 11) is 3.05. The lowest BCUT2D eigenvalue weighted by molar-refractivity contribution is 0.102. The van der Waals surface area contributed by atoms with Gasteiger partial charge in [-0.15, -0.1) is 0 Å². The molecular formula is C14H12Cl2N2O3. The maximum Gasteiger partial charge on any atom is 0.255 e. The van der Waals surface area contributed by atoms with E-state index in [2.05, 4.69) is 10.3 Å². The molecule has 1 aromatic carbocycles. The molecule has 110 valence electrons. The van der Waals surface area contributed by atoms with Gasteiger partial charge in [0.15, 0.2) is 0 Å². The van der Waals surface area contributed by atoms with E-state index < -0.39 is 0 Å². The summed E-state index contributed by atoms with van der Waals surface area (Å²) < 4.78 is 10.3. The molecule has 0 fully saturated rings. The van der Waals surface area contributed by atoms with Gasteiger partial charge in [0.2, 0.25) is 0 Å². The zero-order chi connectivity index (χ0) is 15.4. The lowest BCUT2D eigenvalue weighted by atomic mass is 10.2. The largest absolute Gasteiger partial charge is 0.497 e. The van der Waals surface area contributed by atoms with Crippen molar-refractivity contribution < 1.29 is 14.3 Å². The standard InChI is InChI=1S/C14H12Cl2N2O3/c1-20-9-3-4-10(11(7-9)21-2)17-14(19)8-5-12(15)18-13(16)6-8/h3-7H,1-2H3,(H,17,19). The van der Waals surface area contributed by atoms with E-state index in [1.54, 1.807) is 25.3 Å². The van der Waals surface area contributed by atoms with Gasteiger partial charge in [-0.05, 0) is 24.3 Å². The van der Waals surface area contributed by atoms with Crippen molar-refractivity contribution in [2.45, 2.75) is 0 Å². The average Bonchev–Trinajstić information content (AvgIpc) is 2.46. The number of amides is 1. The summed E-state index contributed by atoms with van der Waals surface area (Å²) in [5.41, 5.74) is 0.810. The van der Waals surface area contributed by atoms with Crippen LogP contribution in [0.5, 0.6) is 11.5 Å². The Morgan fingerprint density at radius 1 is 1.10 bits per heavy atom. The van der Waals surface area contributed by atoms with Crippen LogP contribution < -0.4 is 14.8 Å². The Morgan fingerprint density at radius 2 is 1.76 bits per heavy atom. The van der Waals surface area contributed by atoms with Crippen LogP contribution in [-0.2, 0) is 0 Å². The molecule has 0 aliphatic rings. The van der Waals surface area contributed by atoms with Crippen molar-refractivity contribution in [3.05, 3.63) is 46.2 Å². The van der Waals surface area contributed by atoms with Gasteiger partial charge in [-0.3, -0.25) is 4.79 Å². The molecule has 0 atom stereocenters. The molecule has 0 unspecified atom stereocenters. The number of ether oxygens (including phenoxy) is 2. The van der Waals surface area contributed by atoms with Gasteiger partial charge in [0.1, 0.15) is 21.8 Å². The van der Waals surface area contributed by atoms with Gasteiger partial charge in [-0.25, -0.2) is 4.98 Å². The molecule has 0 radical (unpaired) electrons. The topological polar surface area (TPSA) is 60.5 Å². The van der Waals surface area contributed by atoms with Gasteiger partial charge in [-0.1, -0.05) is 23.2 Å². The van der Waals surface area contributed by atoms with Crippen LogP contribution in [0, 0.1) is 0 Å². The highest BCUT2D eigenvalue weighted by Crippen LogP contribution is 2.29. The minimum Gasteiger partial charge on any atom is -0.497 e. The summed E-state index contributed by atoms with van der Waals surface area (Å²) in [6.45, 7) is 0. The Morgan fingerprint density at radius 3 is 2.33 bits per heavy atom. The second-order valence-corrected chi connectivity index (χ2v) is 4.80. The first kappa shape index (κ1) is 15.4. The molecule has 0 saturated carbocycles. The van der Waals surface area contributed by atoms with Crippen molar-refractivity contribution in [1.82, 2.24) is 4.98 Å². The second-order valence-electron chi connectivity index (χ2n) is 4.02. The van der Waals surface area contributed by atoms with Crippen LogP contribution >= 0.6 is 23.2 Å². The maximum atomic E-state index is 12.2. The molecule has 0 aliphatic carbocycles. The highest BCUT2D eigenvalue weighted by molar-refractivity contribution is 6.33. The fourth-order valence-electron chi connectivity index (χ4n) is 1.69. The third-order valence-electron chi connectivity index (χ3n) is 2.68. The fraction of sp³-hybridized carbons (Fsp3) is 0.143. The smallest absolute Gasteiger partial charge is 0.255 e. The normalized spacial score (nSPS) is 10.1. The zero-order valence-corrected chi connectivity index (χ0v) is 12.8. The molecule has 1 aromatic heterocycles. The van der Waals surface area contributed by atoms with E-state index in [1.807, 2.05) is 0 Å². The van der Waals surface area contributed by atoms with Gasteiger partial charge in [0, 0.05) is 11.6 Å². The van der Waals surface area contributed by atoms with Crippen molar-refractivity contribution in [2.75, 3.05) is 19.5 Å². The molecule has 0 saturated heterocycles. The van der Waals surface area contributed by atoms with E-state index in [-0.39, 0.29) is 16.2 Å². The molecule has 1 heterocycles. The fourth-order valence-corrected chi connectivity index (χ4v) is 2.15. The predicted molar refractivity (Wildman–Crippen MR) is 81.8 cm³/mol. The molecule has 0 bridgehead atoms. The molecule has 2 rings (SSSR count). The summed E-state index contributed by atoms with van der Waals surface area (Å²) in [4.78, 5) is 16.0. The molecule has 1 N–H and O–H groups in total. The first-order valence-corrected chi connectivity index (χ1v) is 6.65. The van der Waals surface area contributed by atoms with Crippen LogP contribution in [-0.4, -0.2) is 25.1 Å². The zero-order valence-electron chi connectivity index (χ0n) is 11.3. The van der Waals surface area contributed by atoms with Crippen LogP contribution in [0.4, 0.5) is 5.69 Å². The van der Waals surface area contributed by atoms with Crippen LogP contribution in [0.15, 0.2) is 30.3 Å². The SMILES string of the molecule is COc1ccc(NC(=O)c2cc(Cl)nc(Cl)c2)c(OC)c1. The molecular weight excluding hydrogens is 315 g/mol. The minimum atomic E-state index is -0.371. The van der Waals surface area contributed by atoms with Gasteiger partial charge in [-0.2, -0.15) is 0 Å². The Hall–Kier alpha value is -1.98. The van der Waals surface area contributed by atoms with E-state index in [4.69, 9.17) is 32.7 Å². The van der Waals surface area contributed by atoms with E-state index in [0.717, 1.165) is 0 Å². The van der Waals surface area contributed by atoms with E-state index >= 15 is 0 Å². The van der Waals surface area contributed by atoms with Crippen molar-refractivity contribution in [2.24, 2.45) is 0 Å². The monoisotopic (exact) mass is 326 g/mol. The number of anilines is 1. The molecule has 2 aromatic rings. The second kappa shape index (κ2) is 6.65. The third kappa shape index (κ3) is 3.77. The van der Waals surface area contributed by atoms with Gasteiger partial charge in [0.25, 0.3) is 5.91 Å². The van der Waals surface area contributed by atoms with Crippen molar-refractivity contribution in [3.8, 4) is 11.5 Å². The number of nitrogens with zero attached hydrogens (tertiary/aromatic N) is 1. The summed E-state index contributed by atoms with van der Waals surface area (Å²) in [6.07, 6.45) is 0. The first-order chi connectivity index (χ1) is 10.0. The Bertz CT molecular complexity index is 657. The maximum absolute atomic E-state index is 12.2. The molecule has 0 spiro atoms. The van der Waals surface area contributed by atoms with Crippen LogP contribution in [0.3, 0.4) is 0 Å². The quantitative estimate of drug-likeness (QED) is 0.871. The molecule has 1 amide bonds. The van der Waals surface area contributed by atoms with E-state index in [9.17, 15) is 4.79 Å². The molecule has 7 heteroatoms. The van der Waals surface area contributed by atoms with Gasteiger partial charge >= 0.3 is 0 Å². The summed E-state index contributed by atoms with van der Waals surface area (Å²) in [6, 6.07) is 7.92. The number of carbonyl (C=O) groups excluding carboxylic acids is 1. The highest BCUT2D eigenvalue weighted by atomic mass is 35.5. The van der Waals surface area contributed by atoms with Gasteiger partial charge < -0.3 is 14.8 Å². The number of methoxy groups -OCH3 is 2. The molecule has 5 nitrogen and oxygen atoms in total. The number of nitrogens with one attached hydrogen (secondary N) is 1. The number of aromatic nitrogens is 1. The van der Waals surface area contributed by atoms with E-state index in [1.165, 1.54) is 19.2 Å². The lowest BCUT2D eigenvalue weighted by Gasteiger charge is -2.11. The van der Waals surface area contributed by atoms with Crippen molar-refractivity contribution in [3.63, 3.8) is 0 Å². The number of rotatable bonds is 4.